The van der Waals surface area contributed by atoms with E-state index in [4.69, 9.17) is 0 Å². The van der Waals surface area contributed by atoms with Crippen molar-refractivity contribution in [2.45, 2.75) is 24.4 Å². The molecule has 0 aliphatic carbocycles. The van der Waals surface area contributed by atoms with Gasteiger partial charge in [-0.05, 0) is 24.6 Å². The lowest BCUT2D eigenvalue weighted by atomic mass is 10.2. The quantitative estimate of drug-likeness (QED) is 0.619. The maximum Gasteiger partial charge on any atom is 0.191 e. The van der Waals surface area contributed by atoms with Gasteiger partial charge in [0.25, 0.3) is 0 Å². The smallest absolute Gasteiger partial charge is 0.191 e. The molecule has 0 aliphatic heterocycles. The van der Waals surface area contributed by atoms with Crippen molar-refractivity contribution in [2.24, 2.45) is 0 Å². The minimum Gasteiger partial charge on any atom is -0.302 e. The molecule has 18 heavy (non-hydrogen) atoms. The third kappa shape index (κ3) is 3.23. The van der Waals surface area contributed by atoms with E-state index in [2.05, 4.69) is 49.4 Å². The van der Waals surface area contributed by atoms with Crippen molar-refractivity contribution < 1.29 is 0 Å². The first-order chi connectivity index (χ1) is 8.70. The number of hydrogen-bond donors (Lipinski definition) is 0. The summed E-state index contributed by atoms with van der Waals surface area (Å²) in [6, 6.07) is 8.30. The Morgan fingerprint density at radius 3 is 3.00 bits per heavy atom. The molecule has 0 bridgehead atoms. The van der Waals surface area contributed by atoms with Crippen LogP contribution in [0.5, 0.6) is 0 Å². The van der Waals surface area contributed by atoms with Gasteiger partial charge in [0.1, 0.15) is 5.82 Å². The van der Waals surface area contributed by atoms with Gasteiger partial charge in [-0.15, -0.1) is 16.8 Å². The van der Waals surface area contributed by atoms with E-state index in [0.29, 0.717) is 0 Å². The highest BCUT2D eigenvalue weighted by molar-refractivity contribution is 9.10. The summed E-state index contributed by atoms with van der Waals surface area (Å²) in [7, 11) is 0. The summed E-state index contributed by atoms with van der Waals surface area (Å²) in [6.45, 7) is 6.46. The Bertz CT molecular complexity index is 551. The standard InChI is InChI=1S/C13H14BrN3S/c1-3-7-17-10(2)15-16-13(17)18-9-11-5-4-6-12(14)8-11/h3-6,8H,1,7,9H2,2H3. The number of thioether (sulfide) groups is 1. The Balaban J connectivity index is 2.08. The normalized spacial score (nSPS) is 10.6. The van der Waals surface area contributed by atoms with Crippen LogP contribution in [0, 0.1) is 6.92 Å². The van der Waals surface area contributed by atoms with E-state index in [0.717, 1.165) is 27.8 Å². The maximum atomic E-state index is 4.19. The van der Waals surface area contributed by atoms with Crippen molar-refractivity contribution in [2.75, 3.05) is 0 Å². The molecule has 0 amide bonds. The van der Waals surface area contributed by atoms with E-state index in [9.17, 15) is 0 Å². The van der Waals surface area contributed by atoms with E-state index in [-0.39, 0.29) is 0 Å². The SMILES string of the molecule is C=CCn1c(C)nnc1SCc1cccc(Br)c1. The molecular weight excluding hydrogens is 310 g/mol. The predicted octanol–water partition coefficient (Wildman–Crippen LogP) is 3.83. The Morgan fingerprint density at radius 2 is 2.28 bits per heavy atom. The Kier molecular flexibility index (Phi) is 4.60. The van der Waals surface area contributed by atoms with Gasteiger partial charge in [0.2, 0.25) is 0 Å². The lowest BCUT2D eigenvalue weighted by Crippen LogP contribution is -2.00. The molecule has 1 heterocycles. The topological polar surface area (TPSA) is 30.7 Å². The lowest BCUT2D eigenvalue weighted by molar-refractivity contribution is 0.703. The first-order valence-electron chi connectivity index (χ1n) is 5.58. The van der Waals surface area contributed by atoms with Gasteiger partial charge in [-0.25, -0.2) is 0 Å². The summed E-state index contributed by atoms with van der Waals surface area (Å²) < 4.78 is 3.17. The van der Waals surface area contributed by atoms with E-state index in [1.807, 2.05) is 25.1 Å². The molecule has 94 valence electrons. The molecule has 1 aromatic heterocycles. The van der Waals surface area contributed by atoms with Crippen LogP contribution in [0.4, 0.5) is 0 Å². The van der Waals surface area contributed by atoms with E-state index in [1.54, 1.807) is 11.8 Å². The molecule has 3 nitrogen and oxygen atoms in total. The first kappa shape index (κ1) is 13.4. The largest absolute Gasteiger partial charge is 0.302 e. The molecule has 0 N–H and O–H groups in total. The molecule has 0 unspecified atom stereocenters. The van der Waals surface area contributed by atoms with Crippen molar-refractivity contribution in [3.8, 4) is 0 Å². The van der Waals surface area contributed by atoms with Crippen molar-refractivity contribution >= 4 is 27.7 Å². The van der Waals surface area contributed by atoms with Gasteiger partial charge in [0, 0.05) is 16.8 Å². The number of aryl methyl sites for hydroxylation is 1. The monoisotopic (exact) mass is 323 g/mol. The second-order valence-electron chi connectivity index (χ2n) is 3.85. The number of halogens is 1. The molecule has 0 radical (unpaired) electrons. The first-order valence-corrected chi connectivity index (χ1v) is 7.36. The summed E-state index contributed by atoms with van der Waals surface area (Å²) in [5, 5.41) is 9.23. The van der Waals surface area contributed by atoms with Gasteiger partial charge in [0.05, 0.1) is 0 Å². The number of hydrogen-bond acceptors (Lipinski definition) is 3. The third-order valence-corrected chi connectivity index (χ3v) is 4.00. The zero-order valence-electron chi connectivity index (χ0n) is 10.1. The molecule has 5 heteroatoms. The predicted molar refractivity (Wildman–Crippen MR) is 78.7 cm³/mol. The van der Waals surface area contributed by atoms with Gasteiger partial charge in [-0.3, -0.25) is 0 Å². The average molecular weight is 324 g/mol. The number of nitrogens with zero attached hydrogens (tertiary/aromatic N) is 3. The van der Waals surface area contributed by atoms with E-state index in [1.165, 1.54) is 5.56 Å². The van der Waals surface area contributed by atoms with Gasteiger partial charge in [-0.1, -0.05) is 45.9 Å². The molecule has 0 spiro atoms. The molecule has 0 aliphatic rings. The van der Waals surface area contributed by atoms with E-state index >= 15 is 0 Å². The fourth-order valence-corrected chi connectivity index (χ4v) is 2.97. The molecule has 0 saturated heterocycles. The number of allylic oxidation sites excluding steroid dienone is 1. The summed E-state index contributed by atoms with van der Waals surface area (Å²) in [6.07, 6.45) is 1.86. The van der Waals surface area contributed by atoms with Gasteiger partial charge in [0.15, 0.2) is 5.16 Å². The molecule has 2 rings (SSSR count). The van der Waals surface area contributed by atoms with Crippen LogP contribution in [0.15, 0.2) is 46.5 Å². The van der Waals surface area contributed by atoms with Crippen LogP contribution in [-0.4, -0.2) is 14.8 Å². The molecule has 0 fully saturated rings. The molecule has 1 aromatic carbocycles. The van der Waals surface area contributed by atoms with Crippen molar-refractivity contribution in [1.82, 2.24) is 14.8 Å². The fraction of sp³-hybridized carbons (Fsp3) is 0.231. The minimum absolute atomic E-state index is 0.750. The summed E-state index contributed by atoms with van der Waals surface area (Å²) in [5.41, 5.74) is 1.26. The minimum atomic E-state index is 0.750. The molecule has 0 atom stereocenters. The maximum absolute atomic E-state index is 4.19. The van der Waals surface area contributed by atoms with Gasteiger partial charge in [-0.2, -0.15) is 0 Å². The molecule has 2 aromatic rings. The molecule has 0 saturated carbocycles. The van der Waals surface area contributed by atoms with Gasteiger partial charge < -0.3 is 4.57 Å². The van der Waals surface area contributed by atoms with Crippen LogP contribution >= 0.6 is 27.7 Å². The third-order valence-electron chi connectivity index (χ3n) is 2.47. The summed E-state index contributed by atoms with van der Waals surface area (Å²) in [4.78, 5) is 0. The average Bonchev–Trinajstić information content (AvgIpc) is 2.69. The highest BCUT2D eigenvalue weighted by Gasteiger charge is 2.08. The van der Waals surface area contributed by atoms with Gasteiger partial charge >= 0.3 is 0 Å². The Labute approximate surface area is 119 Å². The zero-order valence-corrected chi connectivity index (χ0v) is 12.5. The highest BCUT2D eigenvalue weighted by Crippen LogP contribution is 2.23. The Hall–Kier alpha value is -1.07. The number of benzene rings is 1. The van der Waals surface area contributed by atoms with Crippen LogP contribution in [0.25, 0.3) is 0 Å². The van der Waals surface area contributed by atoms with Crippen LogP contribution in [0.3, 0.4) is 0 Å². The van der Waals surface area contributed by atoms with Crippen molar-refractivity contribution in [3.05, 3.63) is 52.8 Å². The van der Waals surface area contributed by atoms with Crippen molar-refractivity contribution in [1.29, 1.82) is 0 Å². The second kappa shape index (κ2) is 6.20. The zero-order chi connectivity index (χ0) is 13.0. The second-order valence-corrected chi connectivity index (χ2v) is 5.71. The number of aromatic nitrogens is 3. The van der Waals surface area contributed by atoms with Crippen LogP contribution in [0.2, 0.25) is 0 Å². The fourth-order valence-electron chi connectivity index (χ4n) is 1.58. The number of rotatable bonds is 5. The van der Waals surface area contributed by atoms with Crippen LogP contribution in [0.1, 0.15) is 11.4 Å². The van der Waals surface area contributed by atoms with Crippen LogP contribution in [-0.2, 0) is 12.3 Å². The lowest BCUT2D eigenvalue weighted by Gasteiger charge is -2.05. The summed E-state index contributed by atoms with van der Waals surface area (Å²) in [5.74, 6) is 1.81. The summed E-state index contributed by atoms with van der Waals surface area (Å²) >= 11 is 5.17. The highest BCUT2D eigenvalue weighted by atomic mass is 79.9. The molecular formula is C13H14BrN3S. The van der Waals surface area contributed by atoms with E-state index < -0.39 is 0 Å². The Morgan fingerprint density at radius 1 is 1.44 bits per heavy atom. The van der Waals surface area contributed by atoms with Crippen molar-refractivity contribution in [3.63, 3.8) is 0 Å². The van der Waals surface area contributed by atoms with Crippen LogP contribution < -0.4 is 0 Å².